The highest BCUT2D eigenvalue weighted by Gasteiger charge is 2.09. The Morgan fingerprint density at radius 2 is 2.14 bits per heavy atom. The first-order valence-electron chi connectivity index (χ1n) is 7.16. The first-order valence-corrected chi connectivity index (χ1v) is 7.16. The minimum absolute atomic E-state index is 0.0398. The number of ether oxygens (including phenoxy) is 2. The lowest BCUT2D eigenvalue weighted by molar-refractivity contribution is -0.116. The Morgan fingerprint density at radius 3 is 2.68 bits per heavy atom. The van der Waals surface area contributed by atoms with Crippen molar-refractivity contribution in [1.82, 2.24) is 5.32 Å². The molecule has 1 aromatic carbocycles. The molecule has 0 saturated carbocycles. The number of amides is 1. The zero-order chi connectivity index (χ0) is 16.5. The number of benzene rings is 1. The van der Waals surface area contributed by atoms with Crippen LogP contribution in [0.1, 0.15) is 25.8 Å². The normalized spacial score (nSPS) is 11.0. The van der Waals surface area contributed by atoms with Crippen molar-refractivity contribution in [2.45, 2.75) is 20.3 Å². The van der Waals surface area contributed by atoms with Gasteiger partial charge in [-0.25, -0.2) is 0 Å². The van der Waals surface area contributed by atoms with Crippen LogP contribution in [0.15, 0.2) is 23.8 Å². The molecular weight excluding hydrogens is 280 g/mol. The highest BCUT2D eigenvalue weighted by molar-refractivity contribution is 6.01. The molecule has 1 aromatic rings. The Labute approximate surface area is 131 Å². The fourth-order valence-electron chi connectivity index (χ4n) is 1.75. The molecule has 0 aliphatic carbocycles. The van der Waals surface area contributed by atoms with E-state index in [-0.39, 0.29) is 5.57 Å². The number of nitrogens with one attached hydrogen (secondary N) is 1. The molecule has 0 fully saturated rings. The summed E-state index contributed by atoms with van der Waals surface area (Å²) in [5, 5.41) is 11.4. The number of methoxy groups -OCH3 is 1. The summed E-state index contributed by atoms with van der Waals surface area (Å²) in [5.41, 5.74) is 0.742. The Balaban J connectivity index is 2.95. The number of carbonyl (C=O) groups is 1. The second kappa shape index (κ2) is 8.73. The molecule has 0 heterocycles. The van der Waals surface area contributed by atoms with Crippen molar-refractivity contribution in [3.63, 3.8) is 0 Å². The maximum absolute atomic E-state index is 11.5. The third-order valence-electron chi connectivity index (χ3n) is 3.04. The van der Waals surface area contributed by atoms with E-state index in [2.05, 4.69) is 19.2 Å². The molecule has 1 rings (SSSR count). The predicted molar refractivity (Wildman–Crippen MR) is 85.6 cm³/mol. The molecule has 1 N–H and O–H groups in total. The van der Waals surface area contributed by atoms with Gasteiger partial charge in [-0.1, -0.05) is 19.9 Å². The molecule has 118 valence electrons. The van der Waals surface area contributed by atoms with E-state index in [1.54, 1.807) is 25.3 Å². The molecular formula is C17H22N2O3. The summed E-state index contributed by atoms with van der Waals surface area (Å²) >= 11 is 0. The van der Waals surface area contributed by atoms with Gasteiger partial charge in [-0.3, -0.25) is 4.79 Å². The van der Waals surface area contributed by atoms with Crippen molar-refractivity contribution in [3.05, 3.63) is 29.3 Å². The van der Waals surface area contributed by atoms with Gasteiger partial charge in [-0.2, -0.15) is 5.26 Å². The number of nitrogens with zero attached hydrogens (tertiary/aromatic N) is 1. The third kappa shape index (κ3) is 5.13. The molecule has 0 aliphatic heterocycles. The quantitative estimate of drug-likeness (QED) is 0.621. The molecule has 0 saturated heterocycles. The lowest BCUT2D eigenvalue weighted by Gasteiger charge is -2.12. The van der Waals surface area contributed by atoms with Crippen molar-refractivity contribution in [2.24, 2.45) is 5.92 Å². The van der Waals surface area contributed by atoms with Crippen LogP contribution in [0.5, 0.6) is 11.5 Å². The summed E-state index contributed by atoms with van der Waals surface area (Å²) in [6.07, 6.45) is 2.47. The van der Waals surface area contributed by atoms with Gasteiger partial charge in [0.25, 0.3) is 5.91 Å². The highest BCUT2D eigenvalue weighted by atomic mass is 16.5. The summed E-state index contributed by atoms with van der Waals surface area (Å²) in [5.74, 6) is 1.38. The van der Waals surface area contributed by atoms with Gasteiger partial charge in [0.2, 0.25) is 0 Å². The Bertz CT molecular complexity index is 586. The lowest BCUT2D eigenvalue weighted by atomic mass is 10.1. The highest BCUT2D eigenvalue weighted by Crippen LogP contribution is 2.29. The molecule has 0 radical (unpaired) electrons. The van der Waals surface area contributed by atoms with Crippen molar-refractivity contribution < 1.29 is 14.3 Å². The summed E-state index contributed by atoms with van der Waals surface area (Å²) in [7, 11) is 3.04. The maximum Gasteiger partial charge on any atom is 0.261 e. The van der Waals surface area contributed by atoms with Gasteiger partial charge in [-0.15, -0.1) is 0 Å². The zero-order valence-electron chi connectivity index (χ0n) is 13.5. The van der Waals surface area contributed by atoms with Crippen LogP contribution in [0.2, 0.25) is 0 Å². The van der Waals surface area contributed by atoms with Crippen molar-refractivity contribution in [2.75, 3.05) is 20.8 Å². The number of nitriles is 1. The molecule has 0 atom stereocenters. The fourth-order valence-corrected chi connectivity index (χ4v) is 1.75. The van der Waals surface area contributed by atoms with Crippen LogP contribution < -0.4 is 14.8 Å². The first kappa shape index (κ1) is 17.6. The van der Waals surface area contributed by atoms with Gasteiger partial charge < -0.3 is 14.8 Å². The standard InChI is InChI=1S/C17H22N2O3/c1-12(2)7-8-22-15-6-5-13(10-16(15)21-4)9-14(11-18)17(20)19-3/h5-6,9-10,12H,7-8H2,1-4H3,(H,19,20)/b14-9+. The minimum atomic E-state index is -0.418. The SMILES string of the molecule is CNC(=O)/C(C#N)=C/c1ccc(OCCC(C)C)c(OC)c1. The minimum Gasteiger partial charge on any atom is -0.493 e. The molecule has 0 unspecified atom stereocenters. The van der Waals surface area contributed by atoms with E-state index >= 15 is 0 Å². The van der Waals surface area contributed by atoms with Crippen LogP contribution in [0.25, 0.3) is 6.08 Å². The van der Waals surface area contributed by atoms with Gasteiger partial charge in [-0.05, 0) is 36.1 Å². The average molecular weight is 302 g/mol. The largest absolute Gasteiger partial charge is 0.493 e. The Morgan fingerprint density at radius 1 is 1.41 bits per heavy atom. The molecule has 5 heteroatoms. The van der Waals surface area contributed by atoms with E-state index in [0.717, 1.165) is 6.42 Å². The van der Waals surface area contributed by atoms with Gasteiger partial charge >= 0.3 is 0 Å². The van der Waals surface area contributed by atoms with Crippen LogP contribution in [-0.4, -0.2) is 26.7 Å². The average Bonchev–Trinajstić information content (AvgIpc) is 2.52. The van der Waals surface area contributed by atoms with Gasteiger partial charge in [0.15, 0.2) is 11.5 Å². The summed E-state index contributed by atoms with van der Waals surface area (Å²) in [6.45, 7) is 4.89. The second-order valence-electron chi connectivity index (χ2n) is 5.19. The van der Waals surface area contributed by atoms with E-state index in [0.29, 0.717) is 29.6 Å². The Hall–Kier alpha value is -2.48. The van der Waals surface area contributed by atoms with E-state index in [4.69, 9.17) is 14.7 Å². The van der Waals surface area contributed by atoms with Crippen LogP contribution in [0.4, 0.5) is 0 Å². The van der Waals surface area contributed by atoms with E-state index in [1.165, 1.54) is 13.1 Å². The molecule has 0 aliphatic rings. The number of likely N-dealkylation sites (N-methyl/N-ethyl adjacent to an activating group) is 1. The fraction of sp³-hybridized carbons (Fsp3) is 0.412. The zero-order valence-corrected chi connectivity index (χ0v) is 13.5. The number of carbonyl (C=O) groups excluding carboxylic acids is 1. The molecule has 5 nitrogen and oxygen atoms in total. The van der Waals surface area contributed by atoms with Crippen LogP contribution in [0.3, 0.4) is 0 Å². The molecule has 22 heavy (non-hydrogen) atoms. The van der Waals surface area contributed by atoms with Gasteiger partial charge in [0.05, 0.1) is 13.7 Å². The molecule has 0 spiro atoms. The number of rotatable bonds is 7. The lowest BCUT2D eigenvalue weighted by Crippen LogP contribution is -2.19. The van der Waals surface area contributed by atoms with Gasteiger partial charge in [0, 0.05) is 7.05 Å². The topological polar surface area (TPSA) is 71.4 Å². The van der Waals surface area contributed by atoms with Crippen LogP contribution in [0, 0.1) is 17.2 Å². The Kier molecular flexibility index (Phi) is 6.97. The molecule has 0 bridgehead atoms. The number of hydrogen-bond donors (Lipinski definition) is 1. The summed E-state index contributed by atoms with van der Waals surface area (Å²) in [6, 6.07) is 7.18. The maximum atomic E-state index is 11.5. The second-order valence-corrected chi connectivity index (χ2v) is 5.19. The molecule has 0 aromatic heterocycles. The smallest absolute Gasteiger partial charge is 0.261 e. The van der Waals surface area contributed by atoms with Crippen molar-refractivity contribution >= 4 is 12.0 Å². The van der Waals surface area contributed by atoms with Crippen molar-refractivity contribution in [3.8, 4) is 17.6 Å². The van der Waals surface area contributed by atoms with E-state index < -0.39 is 5.91 Å². The van der Waals surface area contributed by atoms with Crippen molar-refractivity contribution in [1.29, 1.82) is 5.26 Å². The van der Waals surface area contributed by atoms with Gasteiger partial charge in [0.1, 0.15) is 11.6 Å². The van der Waals surface area contributed by atoms with Crippen LogP contribution >= 0.6 is 0 Å². The monoisotopic (exact) mass is 302 g/mol. The van der Waals surface area contributed by atoms with E-state index in [1.807, 2.05) is 6.07 Å². The van der Waals surface area contributed by atoms with Crippen LogP contribution in [-0.2, 0) is 4.79 Å². The number of hydrogen-bond acceptors (Lipinski definition) is 4. The molecule has 1 amide bonds. The summed E-state index contributed by atoms with van der Waals surface area (Å²) < 4.78 is 11.0. The van der Waals surface area contributed by atoms with E-state index in [9.17, 15) is 4.79 Å². The third-order valence-corrected chi connectivity index (χ3v) is 3.04. The summed E-state index contributed by atoms with van der Waals surface area (Å²) in [4.78, 5) is 11.5. The first-order chi connectivity index (χ1) is 10.5. The predicted octanol–water partition coefficient (Wildman–Crippen LogP) is 2.77.